The van der Waals surface area contributed by atoms with E-state index in [-0.39, 0.29) is 12.1 Å². The first-order chi connectivity index (χ1) is 41.8. The molecule has 406 valence electrons. The molecule has 0 unspecified atom stereocenters. The fourth-order valence-electron chi connectivity index (χ4n) is 13.9. The minimum atomic E-state index is -0.181. The van der Waals surface area contributed by atoms with E-state index in [1.807, 2.05) is 0 Å². The van der Waals surface area contributed by atoms with Gasteiger partial charge in [-0.1, -0.05) is 228 Å². The van der Waals surface area contributed by atoms with Gasteiger partial charge >= 0.3 is 0 Å². The van der Waals surface area contributed by atoms with Gasteiger partial charge in [-0.2, -0.15) is 0 Å². The number of nitrogens with zero attached hydrogens (tertiary/aromatic N) is 3. The van der Waals surface area contributed by atoms with Crippen molar-refractivity contribution in [3.63, 3.8) is 0 Å². The molecule has 4 nitrogen and oxygen atoms in total. The van der Waals surface area contributed by atoms with E-state index in [1.54, 1.807) is 0 Å². The molecule has 0 N–H and O–H groups in total. The second-order valence-corrected chi connectivity index (χ2v) is 24.3. The summed E-state index contributed by atoms with van der Waals surface area (Å²) in [6.07, 6.45) is 3.06. The Balaban J connectivity index is 1.00. The summed E-state index contributed by atoms with van der Waals surface area (Å²) in [4.78, 5) is 2.66. The molecule has 14 aromatic rings. The van der Waals surface area contributed by atoms with Gasteiger partial charge in [-0.3, -0.25) is 0 Å². The van der Waals surface area contributed by atoms with Crippen molar-refractivity contribution in [2.24, 2.45) is 0 Å². The van der Waals surface area contributed by atoms with Crippen molar-refractivity contribution in [1.82, 2.24) is 9.13 Å². The van der Waals surface area contributed by atoms with Crippen LogP contribution in [0.1, 0.15) is 51.7 Å². The molecule has 85 heavy (non-hydrogen) atoms. The average molecular weight is 1090 g/mol. The smallest absolute Gasteiger partial charge is 0.256 e. The largest absolute Gasteiger partial charge is 0.458 e. The number of ether oxygens (including phenoxy) is 1. The Kier molecular flexibility index (Phi) is 12.0. The van der Waals surface area contributed by atoms with E-state index in [0.717, 1.165) is 75.8 Å². The molecule has 0 fully saturated rings. The Morgan fingerprint density at radius 1 is 0.388 bits per heavy atom. The van der Waals surface area contributed by atoms with Crippen LogP contribution in [0.2, 0.25) is 0 Å². The average Bonchev–Trinajstić information content (AvgIpc) is 1.18. The molecule has 4 heterocycles. The molecule has 5 heteroatoms. The minimum Gasteiger partial charge on any atom is -0.458 e. The van der Waals surface area contributed by atoms with Crippen LogP contribution in [0, 0.1) is 0 Å². The molecule has 0 amide bonds. The lowest BCUT2D eigenvalue weighted by molar-refractivity contribution is 0.486. The van der Waals surface area contributed by atoms with Crippen LogP contribution in [-0.4, -0.2) is 15.8 Å². The molecule has 12 aromatic carbocycles. The van der Waals surface area contributed by atoms with Crippen LogP contribution in [-0.2, 0) is 11.8 Å². The number of hydrogen-bond acceptors (Lipinski definition) is 2. The third-order valence-electron chi connectivity index (χ3n) is 18.1. The van der Waals surface area contributed by atoms with Crippen molar-refractivity contribution in [3.8, 4) is 67.4 Å². The minimum absolute atomic E-state index is 0.143. The van der Waals surface area contributed by atoms with Crippen molar-refractivity contribution < 1.29 is 4.74 Å². The summed E-state index contributed by atoms with van der Waals surface area (Å²) >= 11 is 0. The van der Waals surface area contributed by atoms with Gasteiger partial charge in [0, 0.05) is 61.5 Å². The zero-order valence-electron chi connectivity index (χ0n) is 48.4. The van der Waals surface area contributed by atoms with E-state index >= 15 is 0 Å². The van der Waals surface area contributed by atoms with Crippen molar-refractivity contribution in [2.75, 3.05) is 4.90 Å². The summed E-state index contributed by atoms with van der Waals surface area (Å²) in [5.41, 5.74) is 25.6. The van der Waals surface area contributed by atoms with E-state index < -0.39 is 0 Å². The zero-order chi connectivity index (χ0) is 56.9. The number of aromatic nitrogens is 2. The van der Waals surface area contributed by atoms with Crippen LogP contribution >= 0.6 is 0 Å². The van der Waals surface area contributed by atoms with Gasteiger partial charge in [0.2, 0.25) is 0 Å². The predicted octanol–water partition coefficient (Wildman–Crippen LogP) is 19.6. The number of unbranched alkanes of at least 4 members (excludes halogenated alkanes) is 1. The fraction of sp³-hybridized carbons (Fsp3) is 0.100. The first-order valence-electron chi connectivity index (χ1n) is 30.2. The summed E-state index contributed by atoms with van der Waals surface area (Å²) in [6, 6.07) is 99.5. The maximum absolute atomic E-state index is 7.55. The second-order valence-electron chi connectivity index (χ2n) is 24.3. The Bertz CT molecular complexity index is 4720. The van der Waals surface area contributed by atoms with Crippen molar-refractivity contribution in [2.45, 2.75) is 52.4 Å². The van der Waals surface area contributed by atoms with Gasteiger partial charge in [-0.15, -0.1) is 0 Å². The van der Waals surface area contributed by atoms with E-state index in [0.29, 0.717) is 0 Å². The van der Waals surface area contributed by atoms with Crippen LogP contribution in [0.4, 0.5) is 17.1 Å². The number of anilines is 3. The SMILES string of the molecule is CCCCc1cc2c3c(c1)N(c1c(-c4ccc(-c5ccccc5)cc4)cc(C(C)(C)C)cc1-c1ccc(-c4ccccc4)cc1)c1cc(-n4c5ccccc5c5ccccc54)ccc1B3c1ccc(-n3c4ccccc4c4ccccc43)cc1O2. The van der Waals surface area contributed by atoms with Crippen LogP contribution in [0.15, 0.2) is 267 Å². The van der Waals surface area contributed by atoms with Gasteiger partial charge in [0.15, 0.2) is 0 Å². The van der Waals surface area contributed by atoms with Crippen molar-refractivity contribution in [3.05, 3.63) is 278 Å². The third-order valence-corrected chi connectivity index (χ3v) is 18.1. The lowest BCUT2D eigenvalue weighted by Gasteiger charge is -2.42. The lowest BCUT2D eigenvalue weighted by atomic mass is 9.34. The Labute approximate surface area is 497 Å². The molecule has 16 rings (SSSR count). The molecule has 0 bridgehead atoms. The molecule has 0 radical (unpaired) electrons. The number of rotatable bonds is 10. The Morgan fingerprint density at radius 3 is 1.31 bits per heavy atom. The van der Waals surface area contributed by atoms with Gasteiger partial charge in [0.25, 0.3) is 6.71 Å². The van der Waals surface area contributed by atoms with Gasteiger partial charge in [-0.05, 0) is 146 Å². The third kappa shape index (κ3) is 8.35. The molecule has 0 atom stereocenters. The van der Waals surface area contributed by atoms with E-state index in [2.05, 4.69) is 309 Å². The molecule has 0 aliphatic carbocycles. The van der Waals surface area contributed by atoms with Gasteiger partial charge in [0.05, 0.1) is 27.8 Å². The monoisotopic (exact) mass is 1090 g/mol. The maximum Gasteiger partial charge on any atom is 0.256 e. The first-order valence-corrected chi connectivity index (χ1v) is 30.2. The number of para-hydroxylation sites is 4. The van der Waals surface area contributed by atoms with E-state index in [1.165, 1.54) is 99.0 Å². The Morgan fingerprint density at radius 2 is 0.824 bits per heavy atom. The summed E-state index contributed by atoms with van der Waals surface area (Å²) in [6.45, 7) is 9.19. The van der Waals surface area contributed by atoms with E-state index in [4.69, 9.17) is 4.74 Å². The van der Waals surface area contributed by atoms with Crippen LogP contribution in [0.25, 0.3) is 99.5 Å². The topological polar surface area (TPSA) is 22.3 Å². The highest BCUT2D eigenvalue weighted by atomic mass is 16.5. The molecule has 0 saturated heterocycles. The molecule has 2 aliphatic heterocycles. The van der Waals surface area contributed by atoms with Crippen molar-refractivity contribution in [1.29, 1.82) is 0 Å². The standard InChI is InChI=1S/C80H62BN3O/c1-5-6-21-52-46-75-78-77(47-52)85-76-51-61(83-72-32-19-15-28-64(72)65-29-16-20-33-73(65)83)43-45-69(76)81(78)68-44-42-60(82-70-30-17-13-26-62(70)63-27-14-18-31-71(63)82)50-74(68)84(75)79-66(57-38-34-55(35-39-57)53-22-9-7-10-23-53)48-59(80(2,3)4)49-67(79)58-40-36-56(37-41-58)54-24-11-8-12-25-54/h7-20,22-51H,5-6,21H2,1-4H3. The normalized spacial score (nSPS) is 12.7. The molecular formula is C80H62BN3O. The van der Waals surface area contributed by atoms with Crippen LogP contribution in [0.3, 0.4) is 0 Å². The highest BCUT2D eigenvalue weighted by Gasteiger charge is 2.44. The zero-order valence-corrected chi connectivity index (χ0v) is 48.4. The van der Waals surface area contributed by atoms with Crippen LogP contribution in [0.5, 0.6) is 11.5 Å². The highest BCUT2D eigenvalue weighted by Crippen LogP contribution is 2.52. The lowest BCUT2D eigenvalue weighted by Crippen LogP contribution is -2.59. The number of fused-ring (bicyclic) bond motifs is 10. The summed E-state index contributed by atoms with van der Waals surface area (Å²) in [5.74, 6) is 1.80. The van der Waals surface area contributed by atoms with E-state index in [9.17, 15) is 0 Å². The van der Waals surface area contributed by atoms with Gasteiger partial charge in [0.1, 0.15) is 11.5 Å². The van der Waals surface area contributed by atoms with Crippen LogP contribution < -0.4 is 26.0 Å². The molecule has 0 saturated carbocycles. The Hall–Kier alpha value is -10.1. The quantitative estimate of drug-likeness (QED) is 0.127. The summed E-state index contributed by atoms with van der Waals surface area (Å²) in [5, 5.41) is 4.95. The molecular weight excluding hydrogens is 1030 g/mol. The number of aryl methyl sites for hydroxylation is 1. The predicted molar refractivity (Wildman–Crippen MR) is 360 cm³/mol. The maximum atomic E-state index is 7.55. The molecule has 0 spiro atoms. The molecule has 2 aliphatic rings. The first kappa shape index (κ1) is 50.6. The van der Waals surface area contributed by atoms with Gasteiger partial charge in [-0.25, -0.2) is 0 Å². The number of benzene rings is 12. The fourth-order valence-corrected chi connectivity index (χ4v) is 13.9. The highest BCUT2D eigenvalue weighted by molar-refractivity contribution is 6.99. The van der Waals surface area contributed by atoms with Crippen molar-refractivity contribution >= 4 is 83.8 Å². The summed E-state index contributed by atoms with van der Waals surface area (Å²) < 4.78 is 12.4. The number of hydrogen-bond donors (Lipinski definition) is 0. The molecule has 2 aromatic heterocycles. The second kappa shape index (κ2) is 20.1. The van der Waals surface area contributed by atoms with Gasteiger partial charge < -0.3 is 18.8 Å². The summed E-state index contributed by atoms with van der Waals surface area (Å²) in [7, 11) is 0.